The Balaban J connectivity index is 2.36. The van der Waals surface area contributed by atoms with Crippen molar-refractivity contribution >= 4 is 5.97 Å². The van der Waals surface area contributed by atoms with E-state index in [1.165, 1.54) is 0 Å². The van der Waals surface area contributed by atoms with Crippen molar-refractivity contribution < 1.29 is 14.6 Å². The van der Waals surface area contributed by atoms with E-state index in [-0.39, 0.29) is 18.0 Å². The first-order valence-corrected chi connectivity index (χ1v) is 5.51. The summed E-state index contributed by atoms with van der Waals surface area (Å²) in [5, 5.41) is 9.51. The fourth-order valence-electron chi connectivity index (χ4n) is 1.93. The number of hydrogen-bond donors (Lipinski definition) is 1. The predicted octanol–water partition coefficient (Wildman–Crippen LogP) is 1.90. The first kappa shape index (κ1) is 12.2. The highest BCUT2D eigenvalue weighted by molar-refractivity contribution is 5.86. The highest BCUT2D eigenvalue weighted by Gasteiger charge is 2.27. The molecule has 3 unspecified atom stereocenters. The second kappa shape index (κ2) is 5.31. The summed E-state index contributed by atoms with van der Waals surface area (Å²) in [7, 11) is 0. The molecule has 1 aliphatic carbocycles. The molecule has 3 atom stereocenters. The first-order valence-electron chi connectivity index (χ1n) is 5.51. The van der Waals surface area contributed by atoms with Crippen LogP contribution in [0.2, 0.25) is 0 Å². The van der Waals surface area contributed by atoms with Gasteiger partial charge in [0, 0.05) is 5.57 Å². The van der Waals surface area contributed by atoms with E-state index in [0.717, 1.165) is 19.3 Å². The van der Waals surface area contributed by atoms with E-state index in [4.69, 9.17) is 4.74 Å². The van der Waals surface area contributed by atoms with Gasteiger partial charge in [0.15, 0.2) is 0 Å². The molecule has 1 aliphatic rings. The zero-order valence-corrected chi connectivity index (χ0v) is 9.53. The molecular formula is C12H20O3. The molecule has 0 aromatic rings. The molecule has 86 valence electrons. The molecule has 1 fully saturated rings. The number of carbonyl (C=O) groups is 1. The molecule has 1 N–H and O–H groups in total. The summed E-state index contributed by atoms with van der Waals surface area (Å²) in [4.78, 5) is 11.2. The average Bonchev–Trinajstić information content (AvgIpc) is 2.18. The molecule has 0 amide bonds. The number of carbonyl (C=O) groups excluding carboxylic acids is 1. The van der Waals surface area contributed by atoms with E-state index in [0.29, 0.717) is 18.1 Å². The monoisotopic (exact) mass is 212 g/mol. The third-order valence-corrected chi connectivity index (χ3v) is 3.11. The van der Waals surface area contributed by atoms with Gasteiger partial charge in [-0.3, -0.25) is 0 Å². The predicted molar refractivity (Wildman–Crippen MR) is 58.3 cm³/mol. The van der Waals surface area contributed by atoms with Gasteiger partial charge in [0.05, 0.1) is 12.7 Å². The lowest BCUT2D eigenvalue weighted by molar-refractivity contribution is -0.141. The van der Waals surface area contributed by atoms with Gasteiger partial charge in [-0.05, 0) is 38.0 Å². The van der Waals surface area contributed by atoms with Crippen molar-refractivity contribution in [1.82, 2.24) is 0 Å². The van der Waals surface area contributed by atoms with Crippen molar-refractivity contribution in [3.8, 4) is 0 Å². The van der Waals surface area contributed by atoms with Crippen molar-refractivity contribution in [3.05, 3.63) is 12.2 Å². The van der Waals surface area contributed by atoms with Crippen LogP contribution < -0.4 is 0 Å². The minimum atomic E-state index is -0.331. The van der Waals surface area contributed by atoms with Crippen LogP contribution in [0.4, 0.5) is 0 Å². The van der Waals surface area contributed by atoms with Crippen LogP contribution in [0.1, 0.15) is 33.1 Å². The number of aliphatic hydroxyl groups excluding tert-OH is 1. The quantitative estimate of drug-likeness (QED) is 0.574. The summed E-state index contributed by atoms with van der Waals surface area (Å²) in [5.74, 6) is 0.477. The third-order valence-electron chi connectivity index (χ3n) is 3.11. The number of rotatable bonds is 3. The van der Waals surface area contributed by atoms with E-state index >= 15 is 0 Å². The molecule has 0 heterocycles. The smallest absolute Gasteiger partial charge is 0.333 e. The maximum Gasteiger partial charge on any atom is 0.333 e. The molecule has 1 rings (SSSR count). The highest BCUT2D eigenvalue weighted by Crippen LogP contribution is 2.30. The Morgan fingerprint density at radius 1 is 1.53 bits per heavy atom. The molecule has 0 aliphatic heterocycles. The molecule has 15 heavy (non-hydrogen) atoms. The lowest BCUT2D eigenvalue weighted by Crippen LogP contribution is -2.30. The van der Waals surface area contributed by atoms with Gasteiger partial charge >= 0.3 is 5.97 Å². The Hall–Kier alpha value is -0.830. The lowest BCUT2D eigenvalue weighted by atomic mass is 9.79. The number of ether oxygens (including phenoxy) is 1. The van der Waals surface area contributed by atoms with Gasteiger partial charge in [0.2, 0.25) is 0 Å². The Bertz CT molecular complexity index is 247. The second-order valence-electron chi connectivity index (χ2n) is 4.58. The van der Waals surface area contributed by atoms with Crippen LogP contribution in [0.15, 0.2) is 12.2 Å². The zero-order valence-electron chi connectivity index (χ0n) is 9.53. The van der Waals surface area contributed by atoms with Crippen LogP contribution in [-0.2, 0) is 9.53 Å². The van der Waals surface area contributed by atoms with Gasteiger partial charge < -0.3 is 9.84 Å². The van der Waals surface area contributed by atoms with Gasteiger partial charge in [-0.25, -0.2) is 4.79 Å². The van der Waals surface area contributed by atoms with E-state index in [9.17, 15) is 9.90 Å². The van der Waals surface area contributed by atoms with E-state index in [1.54, 1.807) is 6.92 Å². The average molecular weight is 212 g/mol. The molecule has 0 aromatic heterocycles. The zero-order chi connectivity index (χ0) is 11.4. The number of hydrogen-bond acceptors (Lipinski definition) is 3. The minimum absolute atomic E-state index is 0.227. The number of esters is 1. The van der Waals surface area contributed by atoms with Gasteiger partial charge in [-0.2, -0.15) is 0 Å². The van der Waals surface area contributed by atoms with Crippen LogP contribution in [-0.4, -0.2) is 23.8 Å². The van der Waals surface area contributed by atoms with Crippen molar-refractivity contribution in [1.29, 1.82) is 0 Å². The summed E-state index contributed by atoms with van der Waals surface area (Å²) in [5.41, 5.74) is 0.430. The van der Waals surface area contributed by atoms with Crippen LogP contribution >= 0.6 is 0 Å². The van der Waals surface area contributed by atoms with E-state index < -0.39 is 0 Å². The second-order valence-corrected chi connectivity index (χ2v) is 4.58. The SMILES string of the molecule is C=C(C)C(=O)OCC1CC(O)CCC1C. The van der Waals surface area contributed by atoms with Gasteiger partial charge in [0.25, 0.3) is 0 Å². The molecule has 1 saturated carbocycles. The van der Waals surface area contributed by atoms with E-state index in [2.05, 4.69) is 13.5 Å². The topological polar surface area (TPSA) is 46.5 Å². The van der Waals surface area contributed by atoms with Crippen LogP contribution in [0.3, 0.4) is 0 Å². The Kier molecular flexibility index (Phi) is 4.33. The molecule has 0 bridgehead atoms. The maximum absolute atomic E-state index is 11.2. The van der Waals surface area contributed by atoms with Crippen molar-refractivity contribution in [2.24, 2.45) is 11.8 Å². The Morgan fingerprint density at radius 3 is 2.80 bits per heavy atom. The Labute approximate surface area is 91.1 Å². The fraction of sp³-hybridized carbons (Fsp3) is 0.750. The molecular weight excluding hydrogens is 192 g/mol. The summed E-state index contributed by atoms with van der Waals surface area (Å²) < 4.78 is 5.11. The molecule has 3 heteroatoms. The van der Waals surface area contributed by atoms with Crippen LogP contribution in [0.5, 0.6) is 0 Å². The standard InChI is InChI=1S/C12H20O3/c1-8(2)12(14)15-7-10-6-11(13)5-4-9(10)3/h9-11,13H,1,4-7H2,2-3H3. The molecule has 0 aromatic carbocycles. The molecule has 0 spiro atoms. The molecule has 0 radical (unpaired) electrons. The third kappa shape index (κ3) is 3.67. The first-order chi connectivity index (χ1) is 7.00. The molecule has 3 nitrogen and oxygen atoms in total. The van der Waals surface area contributed by atoms with Gasteiger partial charge in [-0.15, -0.1) is 0 Å². The fourth-order valence-corrected chi connectivity index (χ4v) is 1.93. The largest absolute Gasteiger partial charge is 0.462 e. The van der Waals surface area contributed by atoms with Crippen molar-refractivity contribution in [3.63, 3.8) is 0 Å². The lowest BCUT2D eigenvalue weighted by Gasteiger charge is -2.31. The van der Waals surface area contributed by atoms with Gasteiger partial charge in [-0.1, -0.05) is 13.5 Å². The van der Waals surface area contributed by atoms with Crippen molar-refractivity contribution in [2.45, 2.75) is 39.2 Å². The summed E-state index contributed by atoms with van der Waals surface area (Å²) in [6, 6.07) is 0. The highest BCUT2D eigenvalue weighted by atomic mass is 16.5. The minimum Gasteiger partial charge on any atom is -0.462 e. The molecule has 0 saturated heterocycles. The van der Waals surface area contributed by atoms with Crippen molar-refractivity contribution in [2.75, 3.05) is 6.61 Å². The van der Waals surface area contributed by atoms with Gasteiger partial charge in [0.1, 0.15) is 0 Å². The maximum atomic E-state index is 11.2. The normalized spacial score (nSPS) is 31.0. The summed E-state index contributed by atoms with van der Waals surface area (Å²) in [6.45, 7) is 7.72. The number of aliphatic hydroxyl groups is 1. The summed E-state index contributed by atoms with van der Waals surface area (Å²) >= 11 is 0. The summed E-state index contributed by atoms with van der Waals surface area (Å²) in [6.07, 6.45) is 2.39. The van der Waals surface area contributed by atoms with E-state index in [1.807, 2.05) is 0 Å². The Morgan fingerprint density at radius 2 is 2.20 bits per heavy atom. The van der Waals surface area contributed by atoms with Crippen LogP contribution in [0, 0.1) is 11.8 Å². The van der Waals surface area contributed by atoms with Crippen LogP contribution in [0.25, 0.3) is 0 Å².